The summed E-state index contributed by atoms with van der Waals surface area (Å²) in [5.41, 5.74) is 1.31. The summed E-state index contributed by atoms with van der Waals surface area (Å²) in [7, 11) is 0. The minimum atomic E-state index is -1.14. The highest BCUT2D eigenvalue weighted by molar-refractivity contribution is 5.94. The van der Waals surface area contributed by atoms with Crippen LogP contribution in [0.3, 0.4) is 0 Å². The Labute approximate surface area is 123 Å². The van der Waals surface area contributed by atoms with Gasteiger partial charge in [-0.3, -0.25) is 9.69 Å². The summed E-state index contributed by atoms with van der Waals surface area (Å²) in [5, 5.41) is 18.4. The molecule has 6 nitrogen and oxygen atoms in total. The van der Waals surface area contributed by atoms with Crippen LogP contribution in [0.2, 0.25) is 0 Å². The summed E-state index contributed by atoms with van der Waals surface area (Å²) in [6.07, 6.45) is 5.18. The van der Waals surface area contributed by atoms with Gasteiger partial charge < -0.3 is 15.1 Å². The Morgan fingerprint density at radius 3 is 2.57 bits per heavy atom. The van der Waals surface area contributed by atoms with Gasteiger partial charge in [0.2, 0.25) is 0 Å². The molecular weight excluding hydrogens is 272 g/mol. The average molecular weight is 290 g/mol. The first-order valence-corrected chi connectivity index (χ1v) is 6.42. The fraction of sp³-hybridized carbons (Fsp3) is 0.333. The number of hydrogen-bond donors (Lipinski definition) is 2. The van der Waals surface area contributed by atoms with Crippen molar-refractivity contribution in [3.8, 4) is 18.1 Å². The van der Waals surface area contributed by atoms with Gasteiger partial charge in [0.1, 0.15) is 12.3 Å². The second kappa shape index (κ2) is 7.20. The number of phenolic OH excluding ortho intramolecular Hbond substituents is 1. The predicted molar refractivity (Wildman–Crippen MR) is 79.3 cm³/mol. The van der Waals surface area contributed by atoms with Gasteiger partial charge >= 0.3 is 12.0 Å². The minimum absolute atomic E-state index is 0.0311. The van der Waals surface area contributed by atoms with Crippen LogP contribution in [0.4, 0.5) is 10.5 Å². The van der Waals surface area contributed by atoms with Crippen molar-refractivity contribution in [3.63, 3.8) is 0 Å². The van der Waals surface area contributed by atoms with E-state index < -0.39 is 18.5 Å². The Morgan fingerprint density at radius 1 is 1.38 bits per heavy atom. The summed E-state index contributed by atoms with van der Waals surface area (Å²) in [6, 6.07) is 4.16. The average Bonchev–Trinajstić information content (AvgIpc) is 2.42. The highest BCUT2D eigenvalue weighted by Gasteiger charge is 2.23. The van der Waals surface area contributed by atoms with Gasteiger partial charge in [-0.15, -0.1) is 6.42 Å². The van der Waals surface area contributed by atoms with Crippen LogP contribution in [0.15, 0.2) is 18.2 Å². The number of carbonyl (C=O) groups is 2. The number of hydrogen-bond acceptors (Lipinski definition) is 3. The molecule has 0 heterocycles. The second-order valence-corrected chi connectivity index (χ2v) is 4.45. The monoisotopic (exact) mass is 290 g/mol. The van der Waals surface area contributed by atoms with Gasteiger partial charge in [0.05, 0.1) is 12.2 Å². The van der Waals surface area contributed by atoms with Crippen LogP contribution in [0.1, 0.15) is 12.5 Å². The molecule has 0 aliphatic heterocycles. The van der Waals surface area contributed by atoms with Gasteiger partial charge in [0, 0.05) is 12.6 Å². The van der Waals surface area contributed by atoms with Gasteiger partial charge in [0.15, 0.2) is 0 Å². The van der Waals surface area contributed by atoms with Crippen LogP contribution in [-0.4, -0.2) is 46.7 Å². The molecule has 2 N–H and O–H groups in total. The SMILES string of the molecule is C#CCN(CC(=O)O)C(=O)N(CC)c1cc(O)ccc1C. The van der Waals surface area contributed by atoms with E-state index in [0.717, 1.165) is 10.5 Å². The van der Waals surface area contributed by atoms with Crippen LogP contribution in [0, 0.1) is 19.3 Å². The highest BCUT2D eigenvalue weighted by Crippen LogP contribution is 2.25. The smallest absolute Gasteiger partial charge is 0.325 e. The van der Waals surface area contributed by atoms with E-state index in [1.165, 1.54) is 17.0 Å². The van der Waals surface area contributed by atoms with Crippen molar-refractivity contribution >= 4 is 17.7 Å². The summed E-state index contributed by atoms with van der Waals surface area (Å²) in [5.74, 6) is 1.17. The van der Waals surface area contributed by atoms with E-state index in [9.17, 15) is 14.7 Å². The van der Waals surface area contributed by atoms with Crippen LogP contribution in [0.5, 0.6) is 5.75 Å². The Hall–Kier alpha value is -2.68. The summed E-state index contributed by atoms with van der Waals surface area (Å²) in [4.78, 5) is 25.8. The number of urea groups is 1. The summed E-state index contributed by atoms with van der Waals surface area (Å²) in [6.45, 7) is 3.31. The van der Waals surface area contributed by atoms with E-state index in [1.54, 1.807) is 19.9 Å². The molecule has 0 radical (unpaired) electrons. The normalized spacial score (nSPS) is 9.76. The van der Waals surface area contributed by atoms with Gasteiger partial charge in [0.25, 0.3) is 0 Å². The lowest BCUT2D eigenvalue weighted by atomic mass is 10.1. The molecule has 21 heavy (non-hydrogen) atoms. The third-order valence-electron chi connectivity index (χ3n) is 2.91. The number of carboxylic acids is 1. The molecule has 0 unspecified atom stereocenters. The molecule has 1 rings (SSSR count). The van der Waals surface area contributed by atoms with Gasteiger partial charge in [-0.1, -0.05) is 12.0 Å². The molecule has 0 atom stereocenters. The molecule has 0 aliphatic carbocycles. The van der Waals surface area contributed by atoms with E-state index in [0.29, 0.717) is 12.2 Å². The molecule has 0 spiro atoms. The molecule has 0 aliphatic rings. The molecule has 112 valence electrons. The molecule has 2 amide bonds. The number of nitrogens with zero attached hydrogens (tertiary/aromatic N) is 2. The molecule has 0 aromatic heterocycles. The number of amides is 2. The van der Waals surface area contributed by atoms with E-state index in [1.807, 2.05) is 0 Å². The number of phenols is 1. The maximum atomic E-state index is 12.5. The minimum Gasteiger partial charge on any atom is -0.508 e. The van der Waals surface area contributed by atoms with Gasteiger partial charge in [-0.25, -0.2) is 4.79 Å². The number of aliphatic carboxylic acids is 1. The molecule has 0 fully saturated rings. The summed E-state index contributed by atoms with van der Waals surface area (Å²) < 4.78 is 0. The van der Waals surface area contributed by atoms with E-state index in [4.69, 9.17) is 11.5 Å². The quantitative estimate of drug-likeness (QED) is 0.808. The van der Waals surface area contributed by atoms with Crippen molar-refractivity contribution < 1.29 is 19.8 Å². The zero-order chi connectivity index (χ0) is 16.0. The van der Waals surface area contributed by atoms with Crippen LogP contribution >= 0.6 is 0 Å². The zero-order valence-electron chi connectivity index (χ0n) is 12.0. The molecule has 1 aromatic rings. The Bertz CT molecular complexity index is 578. The van der Waals surface area contributed by atoms with Crippen LogP contribution in [-0.2, 0) is 4.79 Å². The number of anilines is 1. The number of terminal acetylenes is 1. The van der Waals surface area contributed by atoms with Crippen molar-refractivity contribution in [2.24, 2.45) is 0 Å². The topological polar surface area (TPSA) is 81.1 Å². The fourth-order valence-corrected chi connectivity index (χ4v) is 1.93. The standard InChI is InChI=1S/C15H18N2O4/c1-4-8-16(10-14(19)20)15(21)17(5-2)13-9-12(18)7-6-11(13)3/h1,6-7,9,18H,5,8,10H2,2-3H3,(H,19,20). The van der Waals surface area contributed by atoms with Gasteiger partial charge in [-0.2, -0.15) is 0 Å². The third kappa shape index (κ3) is 4.14. The molecular formula is C15H18N2O4. The largest absolute Gasteiger partial charge is 0.508 e. The third-order valence-corrected chi connectivity index (χ3v) is 2.91. The van der Waals surface area contributed by atoms with E-state index in [-0.39, 0.29) is 12.3 Å². The lowest BCUT2D eigenvalue weighted by Crippen LogP contribution is -2.46. The van der Waals surface area contributed by atoms with Crippen molar-refractivity contribution in [2.75, 3.05) is 24.5 Å². The number of carboxylic acid groups (broad SMARTS) is 1. The van der Waals surface area contributed by atoms with Gasteiger partial charge in [-0.05, 0) is 25.5 Å². The molecule has 1 aromatic carbocycles. The molecule has 0 bridgehead atoms. The number of carbonyl (C=O) groups excluding carboxylic acids is 1. The molecule has 0 saturated heterocycles. The number of rotatable bonds is 5. The Kier molecular flexibility index (Phi) is 5.61. The highest BCUT2D eigenvalue weighted by atomic mass is 16.4. The maximum absolute atomic E-state index is 12.5. The Balaban J connectivity index is 3.12. The molecule has 0 saturated carbocycles. The van der Waals surface area contributed by atoms with Crippen LogP contribution < -0.4 is 4.90 Å². The molecule has 6 heteroatoms. The number of benzene rings is 1. The second-order valence-electron chi connectivity index (χ2n) is 4.45. The number of aryl methyl sites for hydroxylation is 1. The van der Waals surface area contributed by atoms with Crippen molar-refractivity contribution in [2.45, 2.75) is 13.8 Å². The maximum Gasteiger partial charge on any atom is 0.325 e. The first-order chi connectivity index (χ1) is 9.90. The van der Waals surface area contributed by atoms with Crippen molar-refractivity contribution in [1.29, 1.82) is 0 Å². The fourth-order valence-electron chi connectivity index (χ4n) is 1.93. The predicted octanol–water partition coefficient (Wildman–Crippen LogP) is 1.67. The zero-order valence-corrected chi connectivity index (χ0v) is 12.0. The lowest BCUT2D eigenvalue weighted by molar-refractivity contribution is -0.137. The van der Waals surface area contributed by atoms with Crippen molar-refractivity contribution in [3.05, 3.63) is 23.8 Å². The number of aromatic hydroxyl groups is 1. The van der Waals surface area contributed by atoms with E-state index in [2.05, 4.69) is 5.92 Å². The van der Waals surface area contributed by atoms with E-state index >= 15 is 0 Å². The first kappa shape index (κ1) is 16.4. The first-order valence-electron chi connectivity index (χ1n) is 6.42. The van der Waals surface area contributed by atoms with Crippen LogP contribution in [0.25, 0.3) is 0 Å². The lowest BCUT2D eigenvalue weighted by Gasteiger charge is -2.29. The summed E-state index contributed by atoms with van der Waals surface area (Å²) >= 11 is 0. The van der Waals surface area contributed by atoms with Crippen molar-refractivity contribution in [1.82, 2.24) is 4.90 Å². The Morgan fingerprint density at radius 2 is 2.05 bits per heavy atom.